The molecule has 0 aliphatic rings. The van der Waals surface area contributed by atoms with Crippen molar-refractivity contribution in [1.82, 2.24) is 0 Å². The summed E-state index contributed by atoms with van der Waals surface area (Å²) in [4.78, 5) is 2.39. The van der Waals surface area contributed by atoms with Crippen LogP contribution in [0.4, 0.5) is 17.1 Å². The Bertz CT molecular complexity index is 3320. The van der Waals surface area contributed by atoms with Gasteiger partial charge in [0.15, 0.2) is 0 Å². The normalized spacial score (nSPS) is 11.4. The summed E-state index contributed by atoms with van der Waals surface area (Å²) in [7, 11) is 0. The van der Waals surface area contributed by atoms with Crippen LogP contribution >= 0.6 is 0 Å². The van der Waals surface area contributed by atoms with E-state index in [-0.39, 0.29) is 0 Å². The fourth-order valence-corrected chi connectivity index (χ4v) is 9.04. The Kier molecular flexibility index (Phi) is 8.56. The molecule has 0 unspecified atom stereocenters. The summed E-state index contributed by atoms with van der Waals surface area (Å²) in [6, 6.07) is 86.2. The molecule has 0 aromatic heterocycles. The fraction of sp³-hybridized carbons (Fsp3) is 0. The van der Waals surface area contributed by atoms with Gasteiger partial charge in [0, 0.05) is 17.1 Å². The van der Waals surface area contributed by atoms with E-state index in [9.17, 15) is 0 Å². The van der Waals surface area contributed by atoms with Crippen LogP contribution in [0, 0.1) is 0 Å². The van der Waals surface area contributed by atoms with Crippen LogP contribution in [0.2, 0.25) is 0 Å². The van der Waals surface area contributed by atoms with Crippen molar-refractivity contribution in [3.05, 3.63) is 237 Å². The van der Waals surface area contributed by atoms with Gasteiger partial charge in [-0.15, -0.1) is 0 Å². The first-order valence-corrected chi connectivity index (χ1v) is 20.3. The van der Waals surface area contributed by atoms with Gasteiger partial charge in [0.05, 0.1) is 0 Å². The van der Waals surface area contributed by atoms with E-state index in [4.69, 9.17) is 0 Å². The minimum absolute atomic E-state index is 1.09. The second-order valence-electron chi connectivity index (χ2n) is 15.3. The molecule has 0 bridgehead atoms. The van der Waals surface area contributed by atoms with Gasteiger partial charge >= 0.3 is 0 Å². The Morgan fingerprint density at radius 3 is 1.31 bits per heavy atom. The molecule has 0 N–H and O–H groups in total. The summed E-state index contributed by atoms with van der Waals surface area (Å²) in [5.41, 5.74) is 12.9. The van der Waals surface area contributed by atoms with E-state index in [1.807, 2.05) is 0 Å². The first kappa shape index (κ1) is 34.5. The second kappa shape index (κ2) is 14.6. The van der Waals surface area contributed by atoms with Gasteiger partial charge in [-0.05, 0) is 136 Å². The fourth-order valence-electron chi connectivity index (χ4n) is 9.04. The van der Waals surface area contributed by atoms with Crippen LogP contribution in [0.25, 0.3) is 87.6 Å². The summed E-state index contributed by atoms with van der Waals surface area (Å²) in [6.45, 7) is 0. The smallest absolute Gasteiger partial charge is 0.0467 e. The summed E-state index contributed by atoms with van der Waals surface area (Å²) < 4.78 is 0. The summed E-state index contributed by atoms with van der Waals surface area (Å²) in [5.74, 6) is 0. The van der Waals surface area contributed by atoms with Gasteiger partial charge in [0.2, 0.25) is 0 Å². The zero-order valence-corrected chi connectivity index (χ0v) is 32.5. The van der Waals surface area contributed by atoms with E-state index in [1.54, 1.807) is 0 Å². The van der Waals surface area contributed by atoms with Crippen LogP contribution in [0.5, 0.6) is 0 Å². The molecular weight excluding hydrogens is 711 g/mol. The van der Waals surface area contributed by atoms with Crippen LogP contribution in [0.3, 0.4) is 0 Å². The highest BCUT2D eigenvalue weighted by molar-refractivity contribution is 6.15. The van der Waals surface area contributed by atoms with Crippen molar-refractivity contribution in [2.75, 3.05) is 4.90 Å². The van der Waals surface area contributed by atoms with Crippen LogP contribution < -0.4 is 4.90 Å². The number of nitrogens with zero attached hydrogens (tertiary/aromatic N) is 1. The Balaban J connectivity index is 1.05. The topological polar surface area (TPSA) is 3.24 Å². The standard InChI is InChI=1S/C58H39N/c1-2-16-40(17-3-1)42-20-14-22-47(36-42)59(48-23-15-21-43(37-48)57-38-44-18-4-6-25-50(44)52-27-10-12-30-55(52)57)46-34-32-41(33-35-46)49-24-8-9-29-54(49)58-39-45-19-5-7-26-51(45)53-28-11-13-31-56(53)58/h1-39H. The lowest BCUT2D eigenvalue weighted by Gasteiger charge is -2.27. The van der Waals surface area contributed by atoms with Crippen LogP contribution in [-0.2, 0) is 0 Å². The zero-order valence-electron chi connectivity index (χ0n) is 32.5. The van der Waals surface area contributed by atoms with Crippen LogP contribution in [0.1, 0.15) is 0 Å². The average Bonchev–Trinajstić information content (AvgIpc) is 3.32. The molecule has 0 amide bonds. The quantitative estimate of drug-likeness (QED) is 0.147. The molecule has 1 nitrogen and oxygen atoms in total. The molecule has 0 heterocycles. The number of anilines is 3. The predicted molar refractivity (Wildman–Crippen MR) is 253 cm³/mol. The summed E-state index contributed by atoms with van der Waals surface area (Å²) in [5, 5.41) is 10.1. The van der Waals surface area contributed by atoms with Gasteiger partial charge in [-0.3, -0.25) is 0 Å². The van der Waals surface area contributed by atoms with E-state index in [2.05, 4.69) is 241 Å². The van der Waals surface area contributed by atoms with Crippen molar-refractivity contribution in [1.29, 1.82) is 0 Å². The van der Waals surface area contributed by atoms with Crippen LogP contribution in [-0.4, -0.2) is 0 Å². The first-order chi connectivity index (χ1) is 29.3. The number of fused-ring (bicyclic) bond motifs is 6. The van der Waals surface area contributed by atoms with Gasteiger partial charge in [0.25, 0.3) is 0 Å². The number of rotatable bonds is 7. The molecule has 11 rings (SSSR count). The maximum atomic E-state index is 2.39. The molecule has 0 spiro atoms. The molecular formula is C58H39N. The maximum absolute atomic E-state index is 2.39. The first-order valence-electron chi connectivity index (χ1n) is 20.3. The molecule has 11 aromatic rings. The third-order valence-electron chi connectivity index (χ3n) is 11.8. The molecule has 276 valence electrons. The highest BCUT2D eigenvalue weighted by atomic mass is 15.1. The molecule has 0 aliphatic heterocycles. The number of hydrogen-bond acceptors (Lipinski definition) is 1. The summed E-state index contributed by atoms with van der Waals surface area (Å²) in [6.07, 6.45) is 0. The van der Waals surface area contributed by atoms with E-state index in [0.717, 1.165) is 17.1 Å². The van der Waals surface area contributed by atoms with Crippen molar-refractivity contribution in [2.24, 2.45) is 0 Å². The lowest BCUT2D eigenvalue weighted by atomic mass is 9.89. The summed E-state index contributed by atoms with van der Waals surface area (Å²) >= 11 is 0. The Hall–Kier alpha value is -7.74. The minimum atomic E-state index is 1.09. The predicted octanol–water partition coefficient (Wildman–Crippen LogP) is 16.4. The van der Waals surface area contributed by atoms with Gasteiger partial charge < -0.3 is 4.90 Å². The van der Waals surface area contributed by atoms with Gasteiger partial charge in [-0.1, -0.05) is 188 Å². The van der Waals surface area contributed by atoms with E-state index < -0.39 is 0 Å². The van der Waals surface area contributed by atoms with Crippen molar-refractivity contribution in [3.8, 4) is 44.5 Å². The van der Waals surface area contributed by atoms with Gasteiger partial charge in [-0.25, -0.2) is 0 Å². The molecule has 0 radical (unpaired) electrons. The third-order valence-corrected chi connectivity index (χ3v) is 11.8. The van der Waals surface area contributed by atoms with Crippen molar-refractivity contribution >= 4 is 60.2 Å². The molecule has 0 aliphatic carbocycles. The largest absolute Gasteiger partial charge is 0.310 e. The number of hydrogen-bond donors (Lipinski definition) is 0. The van der Waals surface area contributed by atoms with E-state index in [1.165, 1.54) is 87.6 Å². The van der Waals surface area contributed by atoms with Crippen molar-refractivity contribution < 1.29 is 0 Å². The molecule has 1 heteroatoms. The van der Waals surface area contributed by atoms with E-state index >= 15 is 0 Å². The van der Waals surface area contributed by atoms with Crippen molar-refractivity contribution in [2.45, 2.75) is 0 Å². The Morgan fingerprint density at radius 1 is 0.203 bits per heavy atom. The Morgan fingerprint density at radius 2 is 0.661 bits per heavy atom. The zero-order chi connectivity index (χ0) is 39.1. The molecule has 0 saturated carbocycles. The average molecular weight is 750 g/mol. The monoisotopic (exact) mass is 749 g/mol. The minimum Gasteiger partial charge on any atom is -0.310 e. The van der Waals surface area contributed by atoms with Crippen LogP contribution in [0.15, 0.2) is 237 Å². The van der Waals surface area contributed by atoms with Crippen molar-refractivity contribution in [3.63, 3.8) is 0 Å². The molecule has 59 heavy (non-hydrogen) atoms. The maximum Gasteiger partial charge on any atom is 0.0467 e. The highest BCUT2D eigenvalue weighted by Crippen LogP contribution is 2.43. The SMILES string of the molecule is c1ccc(-c2cccc(N(c3ccc(-c4ccccc4-c4cc5ccccc5c5ccccc45)cc3)c3cccc(-c4cc5ccccc5c5ccccc45)c3)c2)cc1. The van der Waals surface area contributed by atoms with E-state index in [0.29, 0.717) is 0 Å². The second-order valence-corrected chi connectivity index (χ2v) is 15.3. The molecule has 0 saturated heterocycles. The highest BCUT2D eigenvalue weighted by Gasteiger charge is 2.18. The lowest BCUT2D eigenvalue weighted by molar-refractivity contribution is 1.28. The number of benzene rings is 11. The Labute approximate surface area is 344 Å². The van der Waals surface area contributed by atoms with Gasteiger partial charge in [0.1, 0.15) is 0 Å². The third kappa shape index (κ3) is 6.21. The molecule has 11 aromatic carbocycles. The van der Waals surface area contributed by atoms with Gasteiger partial charge in [-0.2, -0.15) is 0 Å². The molecule has 0 fully saturated rings. The lowest BCUT2D eigenvalue weighted by Crippen LogP contribution is -2.10. The molecule has 0 atom stereocenters.